The zero-order valence-corrected chi connectivity index (χ0v) is 13.1. The number of para-hydroxylation sites is 1. The van der Waals surface area contributed by atoms with Crippen molar-refractivity contribution in [2.45, 2.75) is 12.7 Å². The number of alkyl halides is 3. The molecule has 0 bridgehead atoms. The van der Waals surface area contributed by atoms with Gasteiger partial charge in [-0.25, -0.2) is 0 Å². The van der Waals surface area contributed by atoms with E-state index in [1.165, 1.54) is 4.90 Å². The largest absolute Gasteiger partial charge is 0.407 e. The van der Waals surface area contributed by atoms with Crippen molar-refractivity contribution in [1.82, 2.24) is 0 Å². The molecular formula is C17H12ClF3N2O. The number of rotatable bonds is 3. The summed E-state index contributed by atoms with van der Waals surface area (Å²) in [6.07, 6.45) is -4.47. The monoisotopic (exact) mass is 352 g/mol. The lowest BCUT2D eigenvalue weighted by Crippen LogP contribution is -2.30. The third kappa shape index (κ3) is 3.28. The number of fused-ring (bicyclic) bond motifs is 1. The summed E-state index contributed by atoms with van der Waals surface area (Å²) in [6, 6.07) is 13.9. The van der Waals surface area contributed by atoms with Gasteiger partial charge < -0.3 is 4.90 Å². The van der Waals surface area contributed by atoms with Gasteiger partial charge in [-0.15, -0.1) is 0 Å². The van der Waals surface area contributed by atoms with Gasteiger partial charge in [0, 0.05) is 5.56 Å². The SMILES string of the molecule is O=C1C(=NCC(F)(F)F)c2cccc(Cl)c2N1Cc1ccccc1. The van der Waals surface area contributed by atoms with Crippen LogP contribution in [0.3, 0.4) is 0 Å². The van der Waals surface area contributed by atoms with Gasteiger partial charge in [0.2, 0.25) is 0 Å². The summed E-state index contributed by atoms with van der Waals surface area (Å²) in [4.78, 5) is 17.5. The van der Waals surface area contributed by atoms with Gasteiger partial charge in [0.15, 0.2) is 0 Å². The number of hydrogen-bond donors (Lipinski definition) is 0. The first-order valence-corrected chi connectivity index (χ1v) is 7.50. The standard InChI is InChI=1S/C17H12ClF3N2O/c18-13-8-4-7-12-14(22-10-17(19,20)21)16(24)23(15(12)13)9-11-5-2-1-3-6-11/h1-8H,9-10H2. The molecule has 0 spiro atoms. The van der Waals surface area contributed by atoms with Crippen LogP contribution in [-0.4, -0.2) is 24.3 Å². The highest BCUT2D eigenvalue weighted by atomic mass is 35.5. The zero-order valence-electron chi connectivity index (χ0n) is 12.3. The summed E-state index contributed by atoms with van der Waals surface area (Å²) in [5.74, 6) is -0.578. The average Bonchev–Trinajstić information content (AvgIpc) is 2.79. The van der Waals surface area contributed by atoms with E-state index in [-0.39, 0.29) is 12.3 Å². The lowest BCUT2D eigenvalue weighted by atomic mass is 10.1. The number of halogens is 4. The smallest absolute Gasteiger partial charge is 0.300 e. The Morgan fingerprint density at radius 3 is 2.42 bits per heavy atom. The quantitative estimate of drug-likeness (QED) is 0.813. The van der Waals surface area contributed by atoms with Crippen molar-refractivity contribution in [2.75, 3.05) is 11.4 Å². The van der Waals surface area contributed by atoms with Crippen molar-refractivity contribution in [2.24, 2.45) is 4.99 Å². The second kappa shape index (κ2) is 6.28. The molecule has 7 heteroatoms. The van der Waals surface area contributed by atoms with Crippen LogP contribution >= 0.6 is 11.6 Å². The van der Waals surface area contributed by atoms with Crippen molar-refractivity contribution >= 4 is 28.9 Å². The number of hydrogen-bond acceptors (Lipinski definition) is 2. The normalized spacial score (nSPS) is 15.9. The molecule has 1 heterocycles. The fourth-order valence-corrected chi connectivity index (χ4v) is 2.84. The maximum atomic E-state index is 12.6. The fraction of sp³-hybridized carbons (Fsp3) is 0.176. The highest BCUT2D eigenvalue weighted by Gasteiger charge is 2.37. The van der Waals surface area contributed by atoms with Gasteiger partial charge in [0.05, 0.1) is 17.3 Å². The van der Waals surface area contributed by atoms with E-state index in [9.17, 15) is 18.0 Å². The zero-order chi connectivity index (χ0) is 17.3. The Morgan fingerprint density at radius 2 is 1.75 bits per heavy atom. The number of anilines is 1. The molecule has 1 aliphatic rings. The number of carbonyl (C=O) groups excluding carboxylic acids is 1. The molecule has 0 atom stereocenters. The maximum Gasteiger partial charge on any atom is 0.407 e. The van der Waals surface area contributed by atoms with Gasteiger partial charge in [-0.1, -0.05) is 54.1 Å². The van der Waals surface area contributed by atoms with Crippen LogP contribution in [0.4, 0.5) is 18.9 Å². The van der Waals surface area contributed by atoms with Crippen LogP contribution in [0.25, 0.3) is 0 Å². The number of benzene rings is 2. The number of nitrogens with zero attached hydrogens (tertiary/aromatic N) is 2. The van der Waals surface area contributed by atoms with Crippen molar-refractivity contribution in [3.05, 3.63) is 64.7 Å². The fourth-order valence-electron chi connectivity index (χ4n) is 2.56. The Morgan fingerprint density at radius 1 is 1.04 bits per heavy atom. The van der Waals surface area contributed by atoms with Crippen molar-refractivity contribution in [1.29, 1.82) is 0 Å². The molecule has 0 radical (unpaired) electrons. The second-order valence-corrected chi connectivity index (χ2v) is 5.70. The van der Waals surface area contributed by atoms with Gasteiger partial charge in [-0.05, 0) is 11.6 Å². The Balaban J connectivity index is 2.02. The lowest BCUT2D eigenvalue weighted by Gasteiger charge is -2.18. The first kappa shape index (κ1) is 16.5. The van der Waals surface area contributed by atoms with E-state index < -0.39 is 18.6 Å². The van der Waals surface area contributed by atoms with Gasteiger partial charge in [-0.2, -0.15) is 13.2 Å². The molecule has 0 aliphatic carbocycles. The molecule has 1 amide bonds. The number of amides is 1. The van der Waals surface area contributed by atoms with Crippen LogP contribution in [0.15, 0.2) is 53.5 Å². The van der Waals surface area contributed by atoms with Crippen molar-refractivity contribution in [3.8, 4) is 0 Å². The molecule has 0 saturated heterocycles. The van der Waals surface area contributed by atoms with Crippen LogP contribution in [-0.2, 0) is 11.3 Å². The molecule has 0 saturated carbocycles. The van der Waals surface area contributed by atoms with Crippen LogP contribution in [0, 0.1) is 0 Å². The first-order chi connectivity index (χ1) is 11.4. The topological polar surface area (TPSA) is 32.7 Å². The van der Waals surface area contributed by atoms with Gasteiger partial charge in [0.1, 0.15) is 12.3 Å². The molecule has 3 nitrogen and oxygen atoms in total. The summed E-state index contributed by atoms with van der Waals surface area (Å²) in [7, 11) is 0. The molecule has 24 heavy (non-hydrogen) atoms. The summed E-state index contributed by atoms with van der Waals surface area (Å²) in [5, 5.41) is 0.300. The maximum absolute atomic E-state index is 12.6. The second-order valence-electron chi connectivity index (χ2n) is 5.29. The molecule has 1 aliphatic heterocycles. The molecule has 0 aromatic heterocycles. The Hall–Kier alpha value is -2.34. The van der Waals surface area contributed by atoms with Crippen LogP contribution in [0.5, 0.6) is 0 Å². The Labute approximate surface area is 141 Å². The molecule has 0 N–H and O–H groups in total. The van der Waals surface area contributed by atoms with E-state index in [1.807, 2.05) is 30.3 Å². The lowest BCUT2D eigenvalue weighted by molar-refractivity contribution is -0.118. The highest BCUT2D eigenvalue weighted by molar-refractivity contribution is 6.56. The minimum Gasteiger partial charge on any atom is -0.300 e. The van der Waals surface area contributed by atoms with Gasteiger partial charge in [0.25, 0.3) is 5.91 Å². The molecule has 0 unspecified atom stereocenters. The van der Waals surface area contributed by atoms with Crippen LogP contribution in [0.1, 0.15) is 11.1 Å². The predicted molar refractivity (Wildman–Crippen MR) is 86.5 cm³/mol. The molecule has 124 valence electrons. The minimum atomic E-state index is -4.47. The van der Waals surface area contributed by atoms with Crippen LogP contribution in [0.2, 0.25) is 5.02 Å². The summed E-state index contributed by atoms with van der Waals surface area (Å²) >= 11 is 6.18. The Bertz CT molecular complexity index is 803. The number of aliphatic imine (C=N–C) groups is 1. The van der Waals surface area contributed by atoms with Crippen LogP contribution < -0.4 is 4.90 Å². The van der Waals surface area contributed by atoms with Crippen molar-refractivity contribution in [3.63, 3.8) is 0 Å². The minimum absolute atomic E-state index is 0.208. The third-order valence-electron chi connectivity index (χ3n) is 3.56. The van der Waals surface area contributed by atoms with Crippen molar-refractivity contribution < 1.29 is 18.0 Å². The van der Waals surface area contributed by atoms with Gasteiger partial charge in [-0.3, -0.25) is 9.79 Å². The molecule has 0 fully saturated rings. The summed E-state index contributed by atoms with van der Waals surface area (Å²) < 4.78 is 37.4. The molecule has 3 rings (SSSR count). The average molecular weight is 353 g/mol. The summed E-state index contributed by atoms with van der Waals surface area (Å²) in [6.45, 7) is -1.19. The molecule has 2 aromatic carbocycles. The Kier molecular flexibility index (Phi) is 4.32. The van der Waals surface area contributed by atoms with E-state index in [1.54, 1.807) is 18.2 Å². The van der Waals surface area contributed by atoms with Gasteiger partial charge >= 0.3 is 6.18 Å². The van der Waals surface area contributed by atoms with E-state index in [2.05, 4.69) is 4.99 Å². The molecular weight excluding hydrogens is 341 g/mol. The van der Waals surface area contributed by atoms with E-state index in [4.69, 9.17) is 11.6 Å². The third-order valence-corrected chi connectivity index (χ3v) is 3.86. The van der Waals surface area contributed by atoms with E-state index in [0.29, 0.717) is 16.3 Å². The highest BCUT2D eigenvalue weighted by Crippen LogP contribution is 2.37. The predicted octanol–water partition coefficient (Wildman–Crippen LogP) is 4.24. The summed E-state index contributed by atoms with van der Waals surface area (Å²) in [5.41, 5.74) is 1.36. The van der Waals surface area contributed by atoms with E-state index in [0.717, 1.165) is 5.56 Å². The molecule has 2 aromatic rings. The van der Waals surface area contributed by atoms with E-state index >= 15 is 0 Å². The number of carbonyl (C=O) groups is 1. The first-order valence-electron chi connectivity index (χ1n) is 7.13.